The number of hydrogen-bond acceptors (Lipinski definition) is 6. The van der Waals surface area contributed by atoms with E-state index < -0.39 is 30.2 Å². The molecule has 2 atom stereocenters. The third-order valence-electron chi connectivity index (χ3n) is 7.68. The Morgan fingerprint density at radius 1 is 1.00 bits per heavy atom. The average Bonchev–Trinajstić information content (AvgIpc) is 3.83. The molecule has 4 aromatic rings. The molecule has 0 amide bonds. The molecule has 2 unspecified atom stereocenters. The van der Waals surface area contributed by atoms with Gasteiger partial charge in [-0.25, -0.2) is 0 Å². The first-order valence-corrected chi connectivity index (χ1v) is 14.9. The second-order valence-corrected chi connectivity index (χ2v) is 11.9. The Morgan fingerprint density at radius 2 is 1.70 bits per heavy atom. The van der Waals surface area contributed by atoms with E-state index in [1.807, 2.05) is 49.3 Å². The van der Waals surface area contributed by atoms with Crippen LogP contribution in [0.3, 0.4) is 0 Å². The number of anilines is 1. The Kier molecular flexibility index (Phi) is 9.65. The number of fused-ring (bicyclic) bond motifs is 1. The lowest BCUT2D eigenvalue weighted by molar-refractivity contribution is -0.150. The second-order valence-electron chi connectivity index (χ2n) is 11.1. The summed E-state index contributed by atoms with van der Waals surface area (Å²) >= 11 is 12.7. The molecule has 7 nitrogen and oxygen atoms in total. The molecule has 1 N–H and O–H groups in total. The summed E-state index contributed by atoms with van der Waals surface area (Å²) in [7, 11) is 3.94. The van der Waals surface area contributed by atoms with E-state index >= 15 is 0 Å². The summed E-state index contributed by atoms with van der Waals surface area (Å²) in [6, 6.07) is 16.2. The monoisotopic (exact) mass is 644 g/mol. The molecular weight excluding hydrogens is 613 g/mol. The van der Waals surface area contributed by atoms with E-state index in [0.29, 0.717) is 18.1 Å². The van der Waals surface area contributed by atoms with Gasteiger partial charge in [0, 0.05) is 38.0 Å². The maximum atomic E-state index is 13.6. The first kappa shape index (κ1) is 31.6. The fourth-order valence-electron chi connectivity index (χ4n) is 4.82. The normalized spacial score (nSPS) is 14.4. The minimum Gasteiger partial charge on any atom is -0.489 e. The van der Waals surface area contributed by atoms with Gasteiger partial charge in [0.05, 0.1) is 17.5 Å². The number of aromatic amines is 1. The zero-order valence-corrected chi connectivity index (χ0v) is 25.9. The molecule has 1 aromatic heterocycles. The van der Waals surface area contributed by atoms with Crippen molar-refractivity contribution < 1.29 is 27.8 Å². The quantitative estimate of drug-likeness (QED) is 0.158. The van der Waals surface area contributed by atoms with Gasteiger partial charge < -0.3 is 24.1 Å². The summed E-state index contributed by atoms with van der Waals surface area (Å²) in [4.78, 5) is 30.4. The first-order chi connectivity index (χ1) is 21.0. The number of carbonyl (C=O) groups excluding carboxylic acids is 1. The third kappa shape index (κ3) is 7.45. The van der Waals surface area contributed by atoms with Gasteiger partial charge in [-0.1, -0.05) is 53.5 Å². The molecule has 3 aromatic carbocycles. The highest BCUT2D eigenvalue weighted by Crippen LogP contribution is 2.38. The van der Waals surface area contributed by atoms with Crippen LogP contribution in [-0.4, -0.2) is 38.3 Å². The Bertz CT molecular complexity index is 1720. The highest BCUT2D eigenvalue weighted by molar-refractivity contribution is 6.35. The topological polar surface area (TPSA) is 80.9 Å². The van der Waals surface area contributed by atoms with Gasteiger partial charge in [-0.05, 0) is 71.8 Å². The van der Waals surface area contributed by atoms with Crippen LogP contribution in [0.1, 0.15) is 48.5 Å². The first-order valence-electron chi connectivity index (χ1n) is 14.2. The maximum Gasteiger partial charge on any atom is 0.387 e. The van der Waals surface area contributed by atoms with Gasteiger partial charge in [-0.15, -0.1) is 0 Å². The van der Waals surface area contributed by atoms with Crippen molar-refractivity contribution in [2.75, 3.05) is 25.6 Å². The maximum absolute atomic E-state index is 13.6. The SMILES string of the molecule is CC(C(=O)OC(Cc1c(Cl)c[nH]c(=O)c1Cl)c1ccc(OC(F)F)c(OCC2CC2)c1)c1ccc2cc(N(C)C)ccc2c1. The zero-order chi connectivity index (χ0) is 31.5. The number of rotatable bonds is 12. The van der Waals surface area contributed by atoms with Crippen molar-refractivity contribution in [3.8, 4) is 11.5 Å². The van der Waals surface area contributed by atoms with Crippen LogP contribution in [-0.2, 0) is 16.0 Å². The second kappa shape index (κ2) is 13.4. The van der Waals surface area contributed by atoms with Crippen LogP contribution in [0, 0.1) is 5.92 Å². The largest absolute Gasteiger partial charge is 0.489 e. The molecule has 232 valence electrons. The number of nitrogens with one attached hydrogen (secondary N) is 1. The molecule has 1 aliphatic rings. The predicted molar refractivity (Wildman–Crippen MR) is 168 cm³/mol. The highest BCUT2D eigenvalue weighted by atomic mass is 35.5. The molecule has 1 aliphatic carbocycles. The number of hydrogen-bond donors (Lipinski definition) is 1. The number of carbonyl (C=O) groups is 1. The van der Waals surface area contributed by atoms with Gasteiger partial charge in [0.15, 0.2) is 11.5 Å². The van der Waals surface area contributed by atoms with E-state index in [-0.39, 0.29) is 33.5 Å². The summed E-state index contributed by atoms with van der Waals surface area (Å²) in [5.74, 6) is -0.892. The molecule has 0 saturated heterocycles. The van der Waals surface area contributed by atoms with Crippen LogP contribution in [0.15, 0.2) is 65.6 Å². The lowest BCUT2D eigenvalue weighted by Crippen LogP contribution is -2.20. The van der Waals surface area contributed by atoms with Crippen molar-refractivity contribution in [3.05, 3.63) is 97.9 Å². The number of nitrogens with zero attached hydrogens (tertiary/aromatic N) is 1. The standard InChI is InChI=1S/C33H32Cl2F2N2O5/c1-18(20-6-7-22-13-24(39(2)3)10-8-21(22)12-20)32(41)43-28(15-25-26(34)16-38-31(40)30(25)35)23-9-11-27(44-33(36)37)29(14-23)42-17-19-4-5-19/h6-14,16,18-19,28,33H,4-5,15,17H2,1-3H3,(H,38,40). The molecule has 5 rings (SSSR count). The van der Waals surface area contributed by atoms with E-state index in [1.54, 1.807) is 6.92 Å². The summed E-state index contributed by atoms with van der Waals surface area (Å²) in [5.41, 5.74) is 1.97. The fourth-order valence-corrected chi connectivity index (χ4v) is 5.33. The molecule has 1 heterocycles. The van der Waals surface area contributed by atoms with Gasteiger partial charge in [-0.3, -0.25) is 9.59 Å². The minimum atomic E-state index is -3.05. The average molecular weight is 646 g/mol. The number of alkyl halides is 2. The van der Waals surface area contributed by atoms with E-state index in [0.717, 1.165) is 34.9 Å². The van der Waals surface area contributed by atoms with Crippen LogP contribution >= 0.6 is 23.2 Å². The lowest BCUT2D eigenvalue weighted by atomic mass is 9.97. The number of ether oxygens (including phenoxy) is 3. The summed E-state index contributed by atoms with van der Waals surface area (Å²) in [5, 5.41) is 2.04. The molecule has 0 spiro atoms. The Labute approximate surface area is 263 Å². The smallest absolute Gasteiger partial charge is 0.387 e. The van der Waals surface area contributed by atoms with Crippen molar-refractivity contribution >= 4 is 45.6 Å². The van der Waals surface area contributed by atoms with Crippen molar-refractivity contribution in [3.63, 3.8) is 0 Å². The number of pyridine rings is 1. The molecule has 1 fully saturated rings. The van der Waals surface area contributed by atoms with Gasteiger partial charge in [-0.2, -0.15) is 8.78 Å². The van der Waals surface area contributed by atoms with Crippen LogP contribution in [0.2, 0.25) is 10.0 Å². The fraction of sp³-hybridized carbons (Fsp3) is 0.333. The van der Waals surface area contributed by atoms with Gasteiger partial charge in [0.1, 0.15) is 11.1 Å². The van der Waals surface area contributed by atoms with Crippen LogP contribution in [0.25, 0.3) is 10.8 Å². The van der Waals surface area contributed by atoms with Gasteiger partial charge >= 0.3 is 12.6 Å². The van der Waals surface area contributed by atoms with Crippen molar-refractivity contribution in [1.82, 2.24) is 4.98 Å². The molecule has 0 radical (unpaired) electrons. The molecular formula is C33H32Cl2F2N2O5. The van der Waals surface area contributed by atoms with Crippen LogP contribution < -0.4 is 19.9 Å². The minimum absolute atomic E-state index is 0.0534. The Balaban J connectivity index is 1.47. The van der Waals surface area contributed by atoms with Crippen LogP contribution in [0.5, 0.6) is 11.5 Å². The molecule has 0 bridgehead atoms. The van der Waals surface area contributed by atoms with Gasteiger partial charge in [0.2, 0.25) is 0 Å². The lowest BCUT2D eigenvalue weighted by Gasteiger charge is -2.23. The highest BCUT2D eigenvalue weighted by Gasteiger charge is 2.28. The van der Waals surface area contributed by atoms with E-state index in [2.05, 4.69) is 15.8 Å². The summed E-state index contributed by atoms with van der Waals surface area (Å²) in [6.07, 6.45) is 2.26. The van der Waals surface area contributed by atoms with Crippen molar-refractivity contribution in [1.29, 1.82) is 0 Å². The van der Waals surface area contributed by atoms with E-state index in [9.17, 15) is 18.4 Å². The van der Waals surface area contributed by atoms with Crippen molar-refractivity contribution in [2.24, 2.45) is 5.92 Å². The number of aromatic nitrogens is 1. The van der Waals surface area contributed by atoms with Gasteiger partial charge in [0.25, 0.3) is 5.56 Å². The molecule has 11 heteroatoms. The molecule has 44 heavy (non-hydrogen) atoms. The van der Waals surface area contributed by atoms with Crippen molar-refractivity contribution in [2.45, 2.75) is 44.8 Å². The number of benzene rings is 3. The number of H-pyrrole nitrogens is 1. The Morgan fingerprint density at radius 3 is 2.41 bits per heavy atom. The molecule has 0 aliphatic heterocycles. The zero-order valence-electron chi connectivity index (χ0n) is 24.4. The third-order valence-corrected chi connectivity index (χ3v) is 8.41. The van der Waals surface area contributed by atoms with E-state index in [4.69, 9.17) is 32.7 Å². The molecule has 1 saturated carbocycles. The number of halogens is 4. The number of esters is 1. The summed E-state index contributed by atoms with van der Waals surface area (Å²) in [6.45, 7) is -0.969. The summed E-state index contributed by atoms with van der Waals surface area (Å²) < 4.78 is 42.9. The Hall–Kier alpha value is -3.82. The predicted octanol–water partition coefficient (Wildman–Crippen LogP) is 7.92. The van der Waals surface area contributed by atoms with E-state index in [1.165, 1.54) is 24.4 Å². The van der Waals surface area contributed by atoms with Crippen LogP contribution in [0.4, 0.5) is 14.5 Å².